The summed E-state index contributed by atoms with van der Waals surface area (Å²) in [6, 6.07) is -1.25. The van der Waals surface area contributed by atoms with Crippen LogP contribution in [0.25, 0.3) is 0 Å². The maximum Gasteiger partial charge on any atom is 0.326 e. The van der Waals surface area contributed by atoms with Crippen LogP contribution in [0.5, 0.6) is 0 Å². The number of hydrogen-bond acceptors (Lipinski definition) is 7. The minimum atomic E-state index is -1.27. The number of nitrogen functional groups attached to an aromatic ring is 1. The molecule has 1 aromatic heterocycles. The van der Waals surface area contributed by atoms with Gasteiger partial charge >= 0.3 is 11.9 Å². The maximum absolute atomic E-state index is 12.3. The van der Waals surface area contributed by atoms with Crippen LogP contribution in [-0.2, 0) is 20.8 Å². The largest absolute Gasteiger partial charge is 0.481 e. The summed E-state index contributed by atoms with van der Waals surface area (Å²) < 4.78 is 0. The number of carboxylic acids is 2. The van der Waals surface area contributed by atoms with Crippen LogP contribution in [-0.4, -0.2) is 50.6 Å². The van der Waals surface area contributed by atoms with Crippen LogP contribution < -0.4 is 21.9 Å². The number of amides is 1. The van der Waals surface area contributed by atoms with E-state index < -0.39 is 23.9 Å². The van der Waals surface area contributed by atoms with Crippen molar-refractivity contribution in [3.05, 3.63) is 15.9 Å². The highest BCUT2D eigenvalue weighted by atomic mass is 16.4. The van der Waals surface area contributed by atoms with Crippen molar-refractivity contribution >= 4 is 29.6 Å². The van der Waals surface area contributed by atoms with Gasteiger partial charge in [0.05, 0.1) is 5.56 Å². The summed E-state index contributed by atoms with van der Waals surface area (Å²) in [4.78, 5) is 52.8. The maximum atomic E-state index is 12.3. The smallest absolute Gasteiger partial charge is 0.326 e. The molecule has 1 aromatic rings. The molecule has 0 saturated heterocycles. The highest BCUT2D eigenvalue weighted by molar-refractivity contribution is 5.84. The number of nitrogens with zero attached hydrogens (tertiary/aromatic N) is 1. The van der Waals surface area contributed by atoms with Crippen molar-refractivity contribution < 1.29 is 24.6 Å². The van der Waals surface area contributed by atoms with E-state index in [1.54, 1.807) is 0 Å². The summed E-state index contributed by atoms with van der Waals surface area (Å²) in [6.45, 7) is 2.42. The number of fused-ring (bicyclic) bond motifs is 1. The fourth-order valence-electron chi connectivity index (χ4n) is 3.41. The third kappa shape index (κ3) is 5.44. The van der Waals surface area contributed by atoms with E-state index in [9.17, 15) is 19.2 Å². The average Bonchev–Trinajstić information content (AvgIpc) is 2.62. The fraction of sp³-hybridized carbons (Fsp3) is 0.588. The average molecular weight is 395 g/mol. The number of aromatic nitrogens is 2. The normalized spacial score (nSPS) is 17.7. The molecule has 0 aromatic carbocycles. The Balaban J connectivity index is 2.01. The van der Waals surface area contributed by atoms with Gasteiger partial charge in [-0.25, -0.2) is 4.79 Å². The third-order valence-corrected chi connectivity index (χ3v) is 4.95. The molecule has 7 N–H and O–H groups in total. The molecule has 2 rings (SSSR count). The van der Waals surface area contributed by atoms with Gasteiger partial charge in [0.25, 0.3) is 5.56 Å². The first-order chi connectivity index (χ1) is 13.2. The molecule has 0 radical (unpaired) electrons. The van der Waals surface area contributed by atoms with Crippen LogP contribution in [0.1, 0.15) is 38.2 Å². The Morgan fingerprint density at radius 3 is 2.68 bits per heavy atom. The predicted octanol–water partition coefficient (Wildman–Crippen LogP) is -0.213. The van der Waals surface area contributed by atoms with Crippen molar-refractivity contribution in [3.63, 3.8) is 0 Å². The number of aromatic amines is 1. The first kappa shape index (κ1) is 21.2. The van der Waals surface area contributed by atoms with Gasteiger partial charge in [-0.15, -0.1) is 0 Å². The number of aliphatic carboxylic acids is 2. The number of H-pyrrole nitrogens is 1. The van der Waals surface area contributed by atoms with E-state index in [2.05, 4.69) is 20.6 Å². The molecule has 3 atom stereocenters. The first-order valence-electron chi connectivity index (χ1n) is 9.07. The van der Waals surface area contributed by atoms with Crippen LogP contribution in [0.15, 0.2) is 4.79 Å². The van der Waals surface area contributed by atoms with Crippen molar-refractivity contribution in [3.8, 4) is 0 Å². The van der Waals surface area contributed by atoms with Gasteiger partial charge in [0.1, 0.15) is 11.9 Å². The van der Waals surface area contributed by atoms with E-state index in [0.717, 1.165) is 0 Å². The van der Waals surface area contributed by atoms with Gasteiger partial charge in [0.2, 0.25) is 11.9 Å². The van der Waals surface area contributed by atoms with Gasteiger partial charge in [-0.1, -0.05) is 13.3 Å². The van der Waals surface area contributed by atoms with E-state index in [-0.39, 0.29) is 42.6 Å². The van der Waals surface area contributed by atoms with Crippen LogP contribution in [0.3, 0.4) is 0 Å². The second-order valence-corrected chi connectivity index (χ2v) is 6.89. The Morgan fingerprint density at radius 1 is 1.36 bits per heavy atom. The van der Waals surface area contributed by atoms with Crippen LogP contribution in [0.4, 0.5) is 11.8 Å². The Bertz CT molecular complexity index is 808. The lowest BCUT2D eigenvalue weighted by atomic mass is 9.81. The Labute approximate surface area is 160 Å². The zero-order valence-electron chi connectivity index (χ0n) is 15.5. The highest BCUT2D eigenvalue weighted by Gasteiger charge is 2.30. The zero-order valence-corrected chi connectivity index (χ0v) is 15.5. The Hall–Kier alpha value is -3.11. The van der Waals surface area contributed by atoms with Crippen molar-refractivity contribution in [1.29, 1.82) is 0 Å². The molecule has 1 aliphatic rings. The van der Waals surface area contributed by atoms with E-state index in [1.807, 2.05) is 6.92 Å². The molecular formula is C17H25N5O6. The topological polar surface area (TPSA) is 188 Å². The second-order valence-electron chi connectivity index (χ2n) is 6.89. The second kappa shape index (κ2) is 9.20. The summed E-state index contributed by atoms with van der Waals surface area (Å²) in [5, 5.41) is 23.3. The van der Waals surface area contributed by atoms with E-state index in [1.165, 1.54) is 0 Å². The van der Waals surface area contributed by atoms with Crippen molar-refractivity contribution in [2.75, 3.05) is 17.6 Å². The quantitative estimate of drug-likeness (QED) is 0.328. The molecule has 11 heteroatoms. The molecule has 0 aliphatic carbocycles. The van der Waals surface area contributed by atoms with E-state index >= 15 is 0 Å². The number of rotatable bonds is 9. The van der Waals surface area contributed by atoms with Crippen LogP contribution in [0.2, 0.25) is 0 Å². The molecular weight excluding hydrogens is 370 g/mol. The number of carboxylic acid groups (broad SMARTS) is 2. The molecule has 0 saturated carbocycles. The molecule has 2 unspecified atom stereocenters. The van der Waals surface area contributed by atoms with Crippen LogP contribution in [0, 0.1) is 11.8 Å². The molecule has 11 nitrogen and oxygen atoms in total. The monoisotopic (exact) mass is 395 g/mol. The molecule has 1 aliphatic heterocycles. The van der Waals surface area contributed by atoms with Crippen molar-refractivity contribution in [1.82, 2.24) is 15.3 Å². The van der Waals surface area contributed by atoms with Gasteiger partial charge in [-0.2, -0.15) is 4.98 Å². The molecule has 28 heavy (non-hydrogen) atoms. The summed E-state index contributed by atoms with van der Waals surface area (Å²) in [5.74, 6) is -2.49. The van der Waals surface area contributed by atoms with Crippen molar-refractivity contribution in [2.45, 2.75) is 45.1 Å². The molecule has 1 amide bonds. The molecule has 0 fully saturated rings. The molecule has 154 valence electrons. The highest BCUT2D eigenvalue weighted by Crippen LogP contribution is 2.29. The number of anilines is 2. The Morgan fingerprint density at radius 2 is 2.07 bits per heavy atom. The van der Waals surface area contributed by atoms with Crippen molar-refractivity contribution in [2.24, 2.45) is 11.8 Å². The lowest BCUT2D eigenvalue weighted by Gasteiger charge is -2.31. The number of carbonyl (C=O) groups excluding carboxylic acids is 1. The van der Waals surface area contributed by atoms with Gasteiger partial charge in [-0.3, -0.25) is 19.4 Å². The molecule has 0 bridgehead atoms. The number of nitrogens with two attached hydrogens (primary N) is 1. The summed E-state index contributed by atoms with van der Waals surface area (Å²) in [6.07, 6.45) is 0.625. The minimum Gasteiger partial charge on any atom is -0.481 e. The first-order valence-corrected chi connectivity index (χ1v) is 9.07. The Kier molecular flexibility index (Phi) is 6.96. The predicted molar refractivity (Wildman–Crippen MR) is 99.8 cm³/mol. The fourth-order valence-corrected chi connectivity index (χ4v) is 3.41. The molecule has 2 heterocycles. The van der Waals surface area contributed by atoms with E-state index in [0.29, 0.717) is 30.8 Å². The summed E-state index contributed by atoms with van der Waals surface area (Å²) in [7, 11) is 0. The zero-order chi connectivity index (χ0) is 20.8. The van der Waals surface area contributed by atoms with Gasteiger partial charge in [-0.05, 0) is 24.7 Å². The lowest BCUT2D eigenvalue weighted by molar-refractivity contribution is -0.143. The molecule has 0 spiro atoms. The van der Waals surface area contributed by atoms with Gasteiger partial charge < -0.3 is 26.6 Å². The van der Waals surface area contributed by atoms with Gasteiger partial charge in [0.15, 0.2) is 0 Å². The van der Waals surface area contributed by atoms with E-state index in [4.69, 9.17) is 15.9 Å². The lowest BCUT2D eigenvalue weighted by Crippen LogP contribution is -2.43. The third-order valence-electron chi connectivity index (χ3n) is 4.95. The number of hydrogen-bond donors (Lipinski definition) is 6. The minimum absolute atomic E-state index is 0.0166. The number of carbonyl (C=O) groups is 3. The summed E-state index contributed by atoms with van der Waals surface area (Å²) >= 11 is 0. The SMILES string of the molecule is CCC(CC(=O)N[C@@H](CCC(=O)O)C(=O)O)C1CNc2nc(N)[nH]c(=O)c2C1. The standard InChI is InChI=1S/C17H25N5O6/c1-2-8(6-12(23)20-11(16(27)28)3-4-13(24)25)9-5-10-14(19-7-9)21-17(18)22-15(10)26/h8-9,11H,2-7H2,1H3,(H,20,23)(H,24,25)(H,27,28)(H4,18,19,21,22,26)/t8?,9?,11-/m0/s1. The summed E-state index contributed by atoms with van der Waals surface area (Å²) in [5.41, 5.74) is 5.70. The number of nitrogens with one attached hydrogen (secondary N) is 3. The van der Waals surface area contributed by atoms with Gasteiger partial charge in [0, 0.05) is 19.4 Å². The van der Waals surface area contributed by atoms with Crippen LogP contribution >= 0.6 is 0 Å².